The van der Waals surface area contributed by atoms with Crippen LogP contribution in [0.4, 0.5) is 0 Å². The molecule has 2 atom stereocenters. The molecule has 0 spiro atoms. The van der Waals surface area contributed by atoms with Crippen LogP contribution in [0.15, 0.2) is 24.3 Å². The molecule has 1 amide bonds. The van der Waals surface area contributed by atoms with Gasteiger partial charge in [-0.15, -0.1) is 0 Å². The average Bonchev–Trinajstić information content (AvgIpc) is 2.39. The van der Waals surface area contributed by atoms with Gasteiger partial charge in [0.2, 0.25) is 5.91 Å². The van der Waals surface area contributed by atoms with Crippen LogP contribution in [0.3, 0.4) is 0 Å². The van der Waals surface area contributed by atoms with Gasteiger partial charge < -0.3 is 20.5 Å². The van der Waals surface area contributed by atoms with E-state index in [1.807, 2.05) is 38.1 Å². The van der Waals surface area contributed by atoms with E-state index >= 15 is 0 Å². The molecule has 1 aromatic carbocycles. The minimum Gasteiger partial charge on any atom is -0.494 e. The number of hydrogen-bond acceptors (Lipinski definition) is 4. The first-order valence-electron chi connectivity index (χ1n) is 6.79. The van der Waals surface area contributed by atoms with Gasteiger partial charge in [-0.3, -0.25) is 4.79 Å². The van der Waals surface area contributed by atoms with Crippen LogP contribution in [0.1, 0.15) is 27.2 Å². The molecule has 1 rings (SSSR count). The Labute approximate surface area is 120 Å². The van der Waals surface area contributed by atoms with Crippen molar-refractivity contribution in [2.75, 3.05) is 13.7 Å². The second-order valence-corrected chi connectivity index (χ2v) is 4.99. The van der Waals surface area contributed by atoms with Crippen molar-refractivity contribution in [3.05, 3.63) is 24.3 Å². The van der Waals surface area contributed by atoms with Gasteiger partial charge in [-0.05, 0) is 40.0 Å². The number of likely N-dealkylation sites (N-methyl/N-ethyl adjacent to an activating group) is 1. The Kier molecular flexibility index (Phi) is 5.82. The van der Waals surface area contributed by atoms with Crippen molar-refractivity contribution in [3.8, 4) is 11.5 Å². The van der Waals surface area contributed by atoms with E-state index in [2.05, 4.69) is 5.32 Å². The summed E-state index contributed by atoms with van der Waals surface area (Å²) in [6.45, 7) is 6.22. The first-order valence-corrected chi connectivity index (χ1v) is 6.79. The fourth-order valence-corrected chi connectivity index (χ4v) is 1.98. The fourth-order valence-electron chi connectivity index (χ4n) is 1.98. The van der Waals surface area contributed by atoms with Gasteiger partial charge in [-0.25, -0.2) is 0 Å². The molecule has 5 nitrogen and oxygen atoms in total. The molecule has 0 aromatic heterocycles. The summed E-state index contributed by atoms with van der Waals surface area (Å²) < 4.78 is 11.2. The smallest absolute Gasteiger partial charge is 0.237 e. The van der Waals surface area contributed by atoms with E-state index in [9.17, 15) is 4.79 Å². The maximum atomic E-state index is 11.5. The number of ether oxygens (including phenoxy) is 2. The second kappa shape index (κ2) is 7.14. The van der Waals surface area contributed by atoms with Crippen molar-refractivity contribution in [1.29, 1.82) is 0 Å². The Bertz CT molecular complexity index is 450. The number of nitrogens with one attached hydrogen (secondary N) is 1. The summed E-state index contributed by atoms with van der Waals surface area (Å²) in [5.74, 6) is 1.09. The minimum absolute atomic E-state index is 0.156. The maximum Gasteiger partial charge on any atom is 0.237 e. The predicted octanol–water partition coefficient (Wildman–Crippen LogP) is 1.71. The second-order valence-electron chi connectivity index (χ2n) is 4.99. The van der Waals surface area contributed by atoms with E-state index in [-0.39, 0.29) is 6.10 Å². The largest absolute Gasteiger partial charge is 0.494 e. The molecule has 0 aliphatic heterocycles. The predicted molar refractivity (Wildman–Crippen MR) is 79.0 cm³/mol. The summed E-state index contributed by atoms with van der Waals surface area (Å²) in [5.41, 5.74) is 4.63. The van der Waals surface area contributed by atoms with Gasteiger partial charge in [-0.1, -0.05) is 6.07 Å². The molecule has 2 unspecified atom stereocenters. The molecule has 0 fully saturated rings. The highest BCUT2D eigenvalue weighted by Crippen LogP contribution is 2.22. The molecule has 0 heterocycles. The average molecular weight is 280 g/mol. The number of primary amides is 1. The normalized spacial score (nSPS) is 15.2. The molecular formula is C15H24N2O3. The molecular weight excluding hydrogens is 256 g/mol. The van der Waals surface area contributed by atoms with E-state index in [0.29, 0.717) is 18.8 Å². The van der Waals surface area contributed by atoms with Crippen LogP contribution < -0.4 is 20.5 Å². The third-order valence-electron chi connectivity index (χ3n) is 3.25. The first kappa shape index (κ1) is 16.3. The van der Waals surface area contributed by atoms with Crippen molar-refractivity contribution >= 4 is 5.91 Å². The van der Waals surface area contributed by atoms with Crippen LogP contribution in [0.25, 0.3) is 0 Å². The zero-order chi connectivity index (χ0) is 15.2. The highest BCUT2D eigenvalue weighted by atomic mass is 16.5. The van der Waals surface area contributed by atoms with E-state index in [1.165, 1.54) is 0 Å². The summed E-state index contributed by atoms with van der Waals surface area (Å²) in [5, 5.41) is 2.95. The fraction of sp³-hybridized carbons (Fsp3) is 0.533. The number of benzene rings is 1. The number of nitrogens with two attached hydrogens (primary N) is 1. The Morgan fingerprint density at radius 1 is 1.45 bits per heavy atom. The highest BCUT2D eigenvalue weighted by Gasteiger charge is 2.31. The van der Waals surface area contributed by atoms with Gasteiger partial charge in [-0.2, -0.15) is 0 Å². The number of carbonyl (C=O) groups excluding carboxylic acids is 1. The van der Waals surface area contributed by atoms with E-state index in [4.69, 9.17) is 15.2 Å². The lowest BCUT2D eigenvalue weighted by Crippen LogP contribution is -2.53. The molecule has 5 heteroatoms. The topological polar surface area (TPSA) is 73.6 Å². The molecule has 0 aliphatic rings. The third-order valence-corrected chi connectivity index (χ3v) is 3.25. The first-order chi connectivity index (χ1) is 9.41. The zero-order valence-corrected chi connectivity index (χ0v) is 12.6. The number of carbonyl (C=O) groups is 1. The third kappa shape index (κ3) is 4.42. The quantitative estimate of drug-likeness (QED) is 0.760. The molecule has 1 aromatic rings. The molecule has 20 heavy (non-hydrogen) atoms. The molecule has 0 bridgehead atoms. The number of hydrogen-bond donors (Lipinski definition) is 2. The van der Waals surface area contributed by atoms with Gasteiger partial charge in [0.25, 0.3) is 0 Å². The molecule has 0 saturated carbocycles. The number of rotatable bonds is 8. The lowest BCUT2D eigenvalue weighted by atomic mass is 9.94. The summed E-state index contributed by atoms with van der Waals surface area (Å²) in [6.07, 6.45) is 0.328. The molecule has 0 radical (unpaired) electrons. The van der Waals surface area contributed by atoms with Crippen LogP contribution in [0, 0.1) is 0 Å². The SMILES string of the molecule is CCOc1cccc(OC(C)CC(C)(NC)C(N)=O)c1. The maximum absolute atomic E-state index is 11.5. The van der Waals surface area contributed by atoms with Crippen LogP contribution in [-0.4, -0.2) is 31.2 Å². The van der Waals surface area contributed by atoms with Crippen LogP contribution in [0.5, 0.6) is 11.5 Å². The molecule has 112 valence electrons. The van der Waals surface area contributed by atoms with Crippen molar-refractivity contribution < 1.29 is 14.3 Å². The van der Waals surface area contributed by atoms with Gasteiger partial charge in [0.05, 0.1) is 18.2 Å². The van der Waals surface area contributed by atoms with Gasteiger partial charge in [0.15, 0.2) is 0 Å². The Morgan fingerprint density at radius 2 is 2.10 bits per heavy atom. The van der Waals surface area contributed by atoms with E-state index in [0.717, 1.165) is 5.75 Å². The lowest BCUT2D eigenvalue weighted by Gasteiger charge is -2.28. The lowest BCUT2D eigenvalue weighted by molar-refractivity contribution is -0.124. The van der Waals surface area contributed by atoms with E-state index < -0.39 is 11.4 Å². The van der Waals surface area contributed by atoms with Crippen LogP contribution in [0.2, 0.25) is 0 Å². The van der Waals surface area contributed by atoms with Crippen LogP contribution >= 0.6 is 0 Å². The van der Waals surface area contributed by atoms with Crippen LogP contribution in [-0.2, 0) is 4.79 Å². The highest BCUT2D eigenvalue weighted by molar-refractivity contribution is 5.84. The van der Waals surface area contributed by atoms with Gasteiger partial charge >= 0.3 is 0 Å². The zero-order valence-electron chi connectivity index (χ0n) is 12.6. The van der Waals surface area contributed by atoms with Crippen molar-refractivity contribution in [3.63, 3.8) is 0 Å². The number of amides is 1. The summed E-state index contributed by atoms with van der Waals surface area (Å²) in [7, 11) is 1.72. The molecule has 3 N–H and O–H groups in total. The summed E-state index contributed by atoms with van der Waals surface area (Å²) in [6, 6.07) is 7.45. The van der Waals surface area contributed by atoms with Crippen molar-refractivity contribution in [2.45, 2.75) is 38.8 Å². The van der Waals surface area contributed by atoms with Gasteiger partial charge in [0, 0.05) is 12.5 Å². The monoisotopic (exact) mass is 280 g/mol. The van der Waals surface area contributed by atoms with Gasteiger partial charge in [0.1, 0.15) is 11.5 Å². The molecule has 0 saturated heterocycles. The molecule has 0 aliphatic carbocycles. The Hall–Kier alpha value is -1.75. The summed E-state index contributed by atoms with van der Waals surface area (Å²) in [4.78, 5) is 11.5. The van der Waals surface area contributed by atoms with Crippen molar-refractivity contribution in [1.82, 2.24) is 5.32 Å². The standard InChI is InChI=1S/C15H24N2O3/c1-5-19-12-7-6-8-13(9-12)20-11(2)10-15(3,17-4)14(16)18/h6-9,11,17H,5,10H2,1-4H3,(H2,16,18). The minimum atomic E-state index is -0.781. The van der Waals surface area contributed by atoms with Crippen molar-refractivity contribution in [2.24, 2.45) is 5.73 Å². The Balaban J connectivity index is 2.68. The van der Waals surface area contributed by atoms with E-state index in [1.54, 1.807) is 14.0 Å². The Morgan fingerprint density at radius 3 is 2.65 bits per heavy atom. The summed E-state index contributed by atoms with van der Waals surface area (Å²) >= 11 is 0.